The second-order valence-electron chi connectivity index (χ2n) is 12.0. The molecule has 0 aliphatic heterocycles. The van der Waals surface area contributed by atoms with Crippen LogP contribution in [0, 0.1) is 5.41 Å². The summed E-state index contributed by atoms with van der Waals surface area (Å²) in [5, 5.41) is 9.74. The number of nitrogens with zero attached hydrogens (tertiary/aromatic N) is 1. The lowest BCUT2D eigenvalue weighted by Gasteiger charge is -2.28. The number of benzene rings is 4. The number of nitrogens with one attached hydrogen (secondary N) is 2. The lowest BCUT2D eigenvalue weighted by molar-refractivity contribution is -0.130. The Morgan fingerprint density at radius 1 is 0.773 bits per heavy atom. The van der Waals surface area contributed by atoms with Crippen molar-refractivity contribution in [1.29, 1.82) is 0 Å². The van der Waals surface area contributed by atoms with Gasteiger partial charge in [0, 0.05) is 24.7 Å². The second kappa shape index (κ2) is 16.1. The summed E-state index contributed by atoms with van der Waals surface area (Å²) < 4.78 is 0. The van der Waals surface area contributed by atoms with Gasteiger partial charge in [-0.1, -0.05) is 149 Å². The quantitative estimate of drug-likeness (QED) is 0.113. The highest BCUT2D eigenvalue weighted by Gasteiger charge is 2.33. The van der Waals surface area contributed by atoms with Crippen LogP contribution in [0.1, 0.15) is 51.7 Å². The van der Waals surface area contributed by atoms with E-state index in [1.54, 1.807) is 0 Å². The van der Waals surface area contributed by atoms with Gasteiger partial charge in [-0.3, -0.25) is 14.6 Å². The van der Waals surface area contributed by atoms with Crippen molar-refractivity contribution in [1.82, 2.24) is 10.6 Å². The zero-order valence-corrected chi connectivity index (χ0v) is 27.1. The highest BCUT2D eigenvalue weighted by atomic mass is 31.1. The van der Waals surface area contributed by atoms with Crippen LogP contribution in [0.25, 0.3) is 0 Å². The fourth-order valence-corrected chi connectivity index (χ4v) is 7.46. The van der Waals surface area contributed by atoms with Gasteiger partial charge in [-0.25, -0.2) is 0 Å². The minimum absolute atomic E-state index is 0.172. The summed E-state index contributed by atoms with van der Waals surface area (Å²) in [6.07, 6.45) is 4.13. The van der Waals surface area contributed by atoms with E-state index < -0.39 is 25.4 Å². The van der Waals surface area contributed by atoms with E-state index in [1.807, 2.05) is 75.5 Å². The third-order valence-electron chi connectivity index (χ3n) is 7.38. The molecule has 228 valence electrons. The van der Waals surface area contributed by atoms with E-state index in [0.717, 1.165) is 24.0 Å². The molecular formula is C38H44N3O2P. The number of carbonyl (C=O) groups excluding carboxylic acids is 2. The Morgan fingerprint density at radius 2 is 1.32 bits per heavy atom. The van der Waals surface area contributed by atoms with E-state index in [0.29, 0.717) is 13.0 Å². The molecule has 4 aromatic carbocycles. The van der Waals surface area contributed by atoms with Gasteiger partial charge in [-0.05, 0) is 41.2 Å². The first-order valence-corrected chi connectivity index (χ1v) is 16.8. The van der Waals surface area contributed by atoms with Crippen molar-refractivity contribution in [2.45, 2.75) is 59.0 Å². The summed E-state index contributed by atoms with van der Waals surface area (Å²) in [5.74, 6) is -0.430. The molecule has 0 heterocycles. The van der Waals surface area contributed by atoms with Crippen molar-refractivity contribution in [2.24, 2.45) is 10.4 Å². The molecule has 4 aromatic rings. The highest BCUT2D eigenvalue weighted by molar-refractivity contribution is 7.80. The predicted molar refractivity (Wildman–Crippen MR) is 186 cm³/mol. The zero-order valence-electron chi connectivity index (χ0n) is 26.2. The Bertz CT molecular complexity index is 1460. The van der Waals surface area contributed by atoms with Gasteiger partial charge in [0.2, 0.25) is 11.8 Å². The maximum absolute atomic E-state index is 13.9. The molecule has 0 saturated carbocycles. The monoisotopic (exact) mass is 605 g/mol. The van der Waals surface area contributed by atoms with E-state index in [9.17, 15) is 9.59 Å². The van der Waals surface area contributed by atoms with E-state index in [-0.39, 0.29) is 11.8 Å². The van der Waals surface area contributed by atoms with Crippen LogP contribution >= 0.6 is 7.92 Å². The second-order valence-corrected chi connectivity index (χ2v) is 14.2. The smallest absolute Gasteiger partial charge is 0.245 e. The van der Waals surface area contributed by atoms with E-state index >= 15 is 0 Å². The van der Waals surface area contributed by atoms with Crippen LogP contribution < -0.4 is 26.5 Å². The molecule has 0 radical (unpaired) electrons. The van der Waals surface area contributed by atoms with Gasteiger partial charge in [0.1, 0.15) is 12.1 Å². The first-order chi connectivity index (χ1) is 21.3. The number of rotatable bonds is 13. The molecular weight excluding hydrogens is 561 g/mol. The van der Waals surface area contributed by atoms with E-state index in [2.05, 4.69) is 84.3 Å². The molecule has 2 N–H and O–H groups in total. The SMILES string of the molecule is CCCCNC(=O)C(Cc1ccccc1)NC(=O)C(N=Cc1ccccc1P(c1ccccc1)c1ccccc1)C(C)(C)C. The first kappa shape index (κ1) is 32.8. The summed E-state index contributed by atoms with van der Waals surface area (Å²) in [6, 6.07) is 37.8. The molecule has 0 saturated heterocycles. The number of amides is 2. The van der Waals surface area contributed by atoms with Crippen LogP contribution in [-0.2, 0) is 16.0 Å². The van der Waals surface area contributed by atoms with Crippen LogP contribution in [0.15, 0.2) is 120 Å². The third-order valence-corrected chi connectivity index (χ3v) is 9.90. The number of hydrogen-bond acceptors (Lipinski definition) is 3. The average molecular weight is 606 g/mol. The van der Waals surface area contributed by atoms with Crippen LogP contribution in [0.4, 0.5) is 0 Å². The molecule has 0 aliphatic carbocycles. The van der Waals surface area contributed by atoms with E-state index in [1.165, 1.54) is 15.9 Å². The Morgan fingerprint density at radius 3 is 1.89 bits per heavy atom. The Hall–Kier alpha value is -4.08. The van der Waals surface area contributed by atoms with Crippen LogP contribution in [0.3, 0.4) is 0 Å². The molecule has 2 amide bonds. The Kier molecular flexibility index (Phi) is 12.0. The number of carbonyl (C=O) groups is 2. The molecule has 0 aromatic heterocycles. The van der Waals surface area contributed by atoms with Crippen molar-refractivity contribution in [3.63, 3.8) is 0 Å². The number of hydrogen-bond donors (Lipinski definition) is 2. The van der Waals surface area contributed by atoms with Crippen molar-refractivity contribution in [3.8, 4) is 0 Å². The molecule has 0 fully saturated rings. The number of unbranched alkanes of at least 4 members (excludes halogenated alkanes) is 1. The third kappa shape index (κ3) is 9.21. The zero-order chi connectivity index (χ0) is 31.4. The highest BCUT2D eigenvalue weighted by Crippen LogP contribution is 2.34. The van der Waals surface area contributed by atoms with Gasteiger partial charge < -0.3 is 10.6 Å². The topological polar surface area (TPSA) is 70.6 Å². The minimum atomic E-state index is -0.844. The van der Waals surface area contributed by atoms with Gasteiger partial charge in [0.05, 0.1) is 0 Å². The lowest BCUT2D eigenvalue weighted by atomic mass is 9.86. The van der Waals surface area contributed by atoms with Gasteiger partial charge in [0.25, 0.3) is 0 Å². The summed E-state index contributed by atoms with van der Waals surface area (Å²) in [5.41, 5.74) is 1.49. The van der Waals surface area contributed by atoms with Gasteiger partial charge in [-0.2, -0.15) is 0 Å². The van der Waals surface area contributed by atoms with Crippen LogP contribution in [-0.4, -0.2) is 36.7 Å². The van der Waals surface area contributed by atoms with Crippen molar-refractivity contribution >= 4 is 41.9 Å². The van der Waals surface area contributed by atoms with Gasteiger partial charge >= 0.3 is 0 Å². The van der Waals surface area contributed by atoms with Crippen molar-refractivity contribution in [2.75, 3.05) is 6.54 Å². The lowest BCUT2D eigenvalue weighted by Crippen LogP contribution is -2.52. The molecule has 44 heavy (non-hydrogen) atoms. The Labute approximate surface area is 264 Å². The summed E-state index contributed by atoms with van der Waals surface area (Å²) in [6.45, 7) is 8.70. The standard InChI is InChI=1S/C38H44N3O2P/c1-5-6-26-39-36(42)33(27-29-18-10-7-11-19-29)41-37(43)35(38(2,3)4)40-28-30-20-16-17-25-34(30)44(31-21-12-8-13-22-31)32-23-14-9-15-24-32/h7-25,28,33,35H,5-6,26-27H2,1-4H3,(H,39,42)(H,41,43). The fraction of sp³-hybridized carbons (Fsp3) is 0.289. The summed E-state index contributed by atoms with van der Waals surface area (Å²) >= 11 is 0. The average Bonchev–Trinajstić information content (AvgIpc) is 3.02. The van der Waals surface area contributed by atoms with Gasteiger partial charge in [-0.15, -0.1) is 0 Å². The predicted octanol–water partition coefficient (Wildman–Crippen LogP) is 5.92. The molecule has 0 bridgehead atoms. The van der Waals surface area contributed by atoms with Crippen molar-refractivity contribution < 1.29 is 9.59 Å². The molecule has 4 rings (SSSR count). The Balaban J connectivity index is 1.64. The molecule has 0 aliphatic rings. The summed E-state index contributed by atoms with van der Waals surface area (Å²) in [7, 11) is -0.844. The first-order valence-electron chi connectivity index (χ1n) is 15.4. The normalized spacial score (nSPS) is 13.0. The van der Waals surface area contributed by atoms with Crippen LogP contribution in [0.5, 0.6) is 0 Å². The van der Waals surface area contributed by atoms with Crippen LogP contribution in [0.2, 0.25) is 0 Å². The molecule has 6 heteroatoms. The minimum Gasteiger partial charge on any atom is -0.354 e. The maximum atomic E-state index is 13.9. The molecule has 0 spiro atoms. The number of aliphatic imine (C=N–C) groups is 1. The molecule has 5 nitrogen and oxygen atoms in total. The van der Waals surface area contributed by atoms with E-state index in [4.69, 9.17) is 4.99 Å². The maximum Gasteiger partial charge on any atom is 0.245 e. The largest absolute Gasteiger partial charge is 0.354 e. The molecule has 2 unspecified atom stereocenters. The summed E-state index contributed by atoms with van der Waals surface area (Å²) in [4.78, 5) is 32.1. The van der Waals surface area contributed by atoms with Gasteiger partial charge in [0.15, 0.2) is 0 Å². The molecule has 2 atom stereocenters. The van der Waals surface area contributed by atoms with Crippen molar-refractivity contribution in [3.05, 3.63) is 126 Å². The fourth-order valence-electron chi connectivity index (χ4n) is 5.04.